The number of esters is 2. The Balaban J connectivity index is 3.02. The van der Waals surface area contributed by atoms with Gasteiger partial charge < -0.3 is 9.47 Å². The molecule has 0 aromatic rings. The lowest BCUT2D eigenvalue weighted by Gasteiger charge is -2.45. The zero-order valence-corrected chi connectivity index (χ0v) is 12.1. The molecule has 104 valence electrons. The Morgan fingerprint density at radius 2 is 0.889 bits per heavy atom. The van der Waals surface area contributed by atoms with Crippen LogP contribution in [0.2, 0.25) is 0 Å². The minimum absolute atomic E-state index is 0.118. The van der Waals surface area contributed by atoms with Crippen LogP contribution in [0.5, 0.6) is 0 Å². The SMILES string of the molecule is COC(=O)C1C(C)C(C)C(C(=O)OC)C(C)C1C. The molecular formula is C14H24O4. The summed E-state index contributed by atoms with van der Waals surface area (Å²) in [5, 5.41) is 0. The van der Waals surface area contributed by atoms with Gasteiger partial charge in [-0.25, -0.2) is 0 Å². The summed E-state index contributed by atoms with van der Waals surface area (Å²) in [5.74, 6) is -0.142. The van der Waals surface area contributed by atoms with Crippen molar-refractivity contribution in [2.24, 2.45) is 35.5 Å². The summed E-state index contributed by atoms with van der Waals surface area (Å²) in [6.07, 6.45) is 0. The topological polar surface area (TPSA) is 52.6 Å². The molecule has 18 heavy (non-hydrogen) atoms. The average molecular weight is 256 g/mol. The molecule has 0 N–H and O–H groups in total. The Morgan fingerprint density at radius 3 is 1.06 bits per heavy atom. The largest absolute Gasteiger partial charge is 0.469 e. The van der Waals surface area contributed by atoms with E-state index in [1.807, 2.05) is 27.7 Å². The van der Waals surface area contributed by atoms with E-state index < -0.39 is 0 Å². The predicted octanol–water partition coefficient (Wildman–Crippen LogP) is 2.12. The quantitative estimate of drug-likeness (QED) is 0.710. The van der Waals surface area contributed by atoms with Crippen molar-refractivity contribution in [3.8, 4) is 0 Å². The van der Waals surface area contributed by atoms with Crippen LogP contribution in [0, 0.1) is 35.5 Å². The first-order valence-electron chi connectivity index (χ1n) is 6.52. The molecule has 4 unspecified atom stereocenters. The summed E-state index contributed by atoms with van der Waals surface area (Å²) < 4.78 is 9.79. The van der Waals surface area contributed by atoms with E-state index in [1.54, 1.807) is 0 Å². The number of methoxy groups -OCH3 is 2. The predicted molar refractivity (Wildman–Crippen MR) is 67.7 cm³/mol. The van der Waals surface area contributed by atoms with Crippen LogP contribution in [-0.4, -0.2) is 26.2 Å². The summed E-state index contributed by atoms with van der Waals surface area (Å²) in [6.45, 7) is 8.07. The van der Waals surface area contributed by atoms with Gasteiger partial charge in [-0.15, -0.1) is 0 Å². The summed E-state index contributed by atoms with van der Waals surface area (Å²) in [7, 11) is 2.84. The van der Waals surface area contributed by atoms with Gasteiger partial charge in [0.2, 0.25) is 0 Å². The first-order chi connectivity index (χ1) is 8.36. The molecule has 1 saturated carbocycles. The normalized spacial score (nSPS) is 40.1. The zero-order chi connectivity index (χ0) is 14.0. The van der Waals surface area contributed by atoms with Gasteiger partial charge in [0.15, 0.2) is 0 Å². The lowest BCUT2D eigenvalue weighted by atomic mass is 9.58. The molecule has 4 atom stereocenters. The second-order valence-electron chi connectivity index (χ2n) is 5.53. The first-order valence-corrected chi connectivity index (χ1v) is 6.52. The molecule has 0 radical (unpaired) electrons. The maximum Gasteiger partial charge on any atom is 0.309 e. The van der Waals surface area contributed by atoms with Crippen LogP contribution in [0.4, 0.5) is 0 Å². The van der Waals surface area contributed by atoms with Crippen molar-refractivity contribution in [2.45, 2.75) is 27.7 Å². The number of hydrogen-bond acceptors (Lipinski definition) is 4. The van der Waals surface area contributed by atoms with E-state index in [4.69, 9.17) is 9.47 Å². The molecule has 1 aliphatic rings. The highest BCUT2D eigenvalue weighted by molar-refractivity contribution is 5.76. The molecule has 0 saturated heterocycles. The van der Waals surface area contributed by atoms with Gasteiger partial charge in [-0.2, -0.15) is 0 Å². The minimum Gasteiger partial charge on any atom is -0.469 e. The third-order valence-electron chi connectivity index (χ3n) is 4.87. The summed E-state index contributed by atoms with van der Waals surface area (Å²) in [4.78, 5) is 23.8. The molecule has 0 aliphatic heterocycles. The van der Waals surface area contributed by atoms with E-state index in [2.05, 4.69) is 0 Å². The fourth-order valence-electron chi connectivity index (χ4n) is 3.40. The minimum atomic E-state index is -0.169. The molecule has 1 rings (SSSR count). The maximum atomic E-state index is 11.9. The van der Waals surface area contributed by atoms with E-state index in [0.717, 1.165) is 0 Å². The van der Waals surface area contributed by atoms with Gasteiger partial charge in [0.1, 0.15) is 0 Å². The molecular weight excluding hydrogens is 232 g/mol. The van der Waals surface area contributed by atoms with Crippen molar-refractivity contribution in [1.82, 2.24) is 0 Å². The number of ether oxygens (including phenoxy) is 2. The van der Waals surface area contributed by atoms with E-state index in [9.17, 15) is 9.59 Å². The average Bonchev–Trinajstić information content (AvgIpc) is 2.36. The van der Waals surface area contributed by atoms with Crippen LogP contribution in [0.25, 0.3) is 0 Å². The van der Waals surface area contributed by atoms with Crippen LogP contribution in [0.15, 0.2) is 0 Å². The first kappa shape index (κ1) is 15.0. The van der Waals surface area contributed by atoms with Gasteiger partial charge in [-0.05, 0) is 23.7 Å². The lowest BCUT2D eigenvalue weighted by Crippen LogP contribution is -2.48. The Bertz CT molecular complexity index is 278. The molecule has 4 heteroatoms. The Morgan fingerprint density at radius 1 is 0.667 bits per heavy atom. The molecule has 4 nitrogen and oxygen atoms in total. The smallest absolute Gasteiger partial charge is 0.309 e. The Hall–Kier alpha value is -1.06. The molecule has 0 amide bonds. The lowest BCUT2D eigenvalue weighted by molar-refractivity contribution is -0.165. The van der Waals surface area contributed by atoms with Crippen LogP contribution in [0.1, 0.15) is 27.7 Å². The molecule has 0 aromatic heterocycles. The number of carbonyl (C=O) groups is 2. The zero-order valence-electron chi connectivity index (χ0n) is 12.1. The van der Waals surface area contributed by atoms with Crippen molar-refractivity contribution < 1.29 is 19.1 Å². The highest BCUT2D eigenvalue weighted by Gasteiger charge is 2.49. The second-order valence-corrected chi connectivity index (χ2v) is 5.53. The Labute approximate surface area is 109 Å². The van der Waals surface area contributed by atoms with Crippen LogP contribution in [0.3, 0.4) is 0 Å². The fraction of sp³-hybridized carbons (Fsp3) is 0.857. The molecule has 1 aliphatic carbocycles. The van der Waals surface area contributed by atoms with Crippen molar-refractivity contribution in [2.75, 3.05) is 14.2 Å². The molecule has 0 spiro atoms. The molecule has 0 heterocycles. The van der Waals surface area contributed by atoms with Crippen molar-refractivity contribution in [3.05, 3.63) is 0 Å². The fourth-order valence-corrected chi connectivity index (χ4v) is 3.40. The van der Waals surface area contributed by atoms with E-state index in [0.29, 0.717) is 0 Å². The standard InChI is InChI=1S/C14H24O4/c1-7-8(2)12(14(16)18-6)10(4)9(3)11(7)13(15)17-5/h7-12H,1-6H3. The van der Waals surface area contributed by atoms with E-state index in [-0.39, 0.29) is 47.4 Å². The summed E-state index contributed by atoms with van der Waals surface area (Å²) in [5.41, 5.74) is 0. The van der Waals surface area contributed by atoms with Gasteiger partial charge in [0.05, 0.1) is 26.1 Å². The van der Waals surface area contributed by atoms with Gasteiger partial charge >= 0.3 is 11.9 Å². The Kier molecular flexibility index (Phi) is 4.77. The van der Waals surface area contributed by atoms with Gasteiger partial charge in [-0.1, -0.05) is 27.7 Å². The third-order valence-corrected chi connectivity index (χ3v) is 4.87. The highest BCUT2D eigenvalue weighted by atomic mass is 16.5. The van der Waals surface area contributed by atoms with E-state index >= 15 is 0 Å². The van der Waals surface area contributed by atoms with Gasteiger partial charge in [0, 0.05) is 0 Å². The third kappa shape index (κ3) is 2.38. The second kappa shape index (κ2) is 5.72. The van der Waals surface area contributed by atoms with Gasteiger partial charge in [0.25, 0.3) is 0 Å². The van der Waals surface area contributed by atoms with Crippen LogP contribution >= 0.6 is 0 Å². The maximum absolute atomic E-state index is 11.9. The van der Waals surface area contributed by atoms with Crippen molar-refractivity contribution >= 4 is 11.9 Å². The van der Waals surface area contributed by atoms with Crippen LogP contribution < -0.4 is 0 Å². The van der Waals surface area contributed by atoms with Crippen LogP contribution in [-0.2, 0) is 19.1 Å². The number of carbonyl (C=O) groups excluding carboxylic acids is 2. The number of hydrogen-bond donors (Lipinski definition) is 0. The molecule has 0 bridgehead atoms. The van der Waals surface area contributed by atoms with E-state index in [1.165, 1.54) is 14.2 Å². The summed E-state index contributed by atoms with van der Waals surface area (Å²) >= 11 is 0. The monoisotopic (exact) mass is 256 g/mol. The van der Waals surface area contributed by atoms with Crippen molar-refractivity contribution in [3.63, 3.8) is 0 Å². The molecule has 0 aromatic carbocycles. The van der Waals surface area contributed by atoms with Crippen molar-refractivity contribution in [1.29, 1.82) is 0 Å². The number of rotatable bonds is 2. The van der Waals surface area contributed by atoms with Gasteiger partial charge in [-0.3, -0.25) is 9.59 Å². The highest BCUT2D eigenvalue weighted by Crippen LogP contribution is 2.46. The summed E-state index contributed by atoms with van der Waals surface area (Å²) in [6, 6.07) is 0. The molecule has 1 fully saturated rings.